The number of carbonyl (C=O) groups excluding carboxylic acids is 2. The molecule has 5 N–H and O–H groups in total. The third kappa shape index (κ3) is 5.01. The Morgan fingerprint density at radius 2 is 2.00 bits per heavy atom. The second-order valence-electron chi connectivity index (χ2n) is 6.34. The van der Waals surface area contributed by atoms with Gasteiger partial charge in [-0.25, -0.2) is 14.5 Å². The Hall–Kier alpha value is -2.61. The van der Waals surface area contributed by atoms with Crippen molar-refractivity contribution in [1.29, 1.82) is 5.41 Å². The van der Waals surface area contributed by atoms with Crippen molar-refractivity contribution in [2.45, 2.75) is 51.6 Å². The van der Waals surface area contributed by atoms with Crippen molar-refractivity contribution < 1.29 is 39.1 Å². The van der Waals surface area contributed by atoms with E-state index in [9.17, 15) is 19.8 Å². The van der Waals surface area contributed by atoms with Gasteiger partial charge in [0.15, 0.2) is 12.1 Å². The van der Waals surface area contributed by atoms with Crippen LogP contribution in [0.2, 0.25) is 0 Å². The molecular weight excluding hydrogens is 378 g/mol. The van der Waals surface area contributed by atoms with E-state index in [0.717, 1.165) is 11.0 Å². The number of esters is 1. The minimum absolute atomic E-state index is 0.221. The average Bonchev–Trinajstić information content (AvgIpc) is 3.20. The van der Waals surface area contributed by atoms with Gasteiger partial charge in [-0.1, -0.05) is 13.8 Å². The van der Waals surface area contributed by atoms with Crippen LogP contribution in [0.4, 0.5) is 4.79 Å². The lowest BCUT2D eigenvalue weighted by molar-refractivity contribution is -0.168. The van der Waals surface area contributed by atoms with Gasteiger partial charge in [-0.05, 0) is 0 Å². The van der Waals surface area contributed by atoms with E-state index < -0.39 is 61.3 Å². The molecule has 1 aromatic rings. The van der Waals surface area contributed by atoms with Crippen LogP contribution in [0.3, 0.4) is 0 Å². The number of ether oxygens (including phenoxy) is 3. The molecule has 0 saturated carbocycles. The number of aromatic nitrogens is 3. The molecule has 0 radical (unpaired) electrons. The highest BCUT2D eigenvalue weighted by atomic mass is 16.7. The first kappa shape index (κ1) is 21.7. The van der Waals surface area contributed by atoms with Crippen molar-refractivity contribution in [3.8, 4) is 0 Å². The van der Waals surface area contributed by atoms with Crippen LogP contribution in [0, 0.1) is 11.3 Å². The molecule has 5 atom stereocenters. The first-order chi connectivity index (χ1) is 13.1. The van der Waals surface area contributed by atoms with Crippen molar-refractivity contribution >= 4 is 17.9 Å². The third-order valence-electron chi connectivity index (χ3n) is 3.76. The number of aliphatic hydroxyl groups excluding tert-OH is 3. The van der Waals surface area contributed by atoms with Crippen LogP contribution < -0.4 is 5.32 Å². The van der Waals surface area contributed by atoms with Crippen molar-refractivity contribution in [2.24, 2.45) is 5.92 Å². The van der Waals surface area contributed by atoms with Crippen molar-refractivity contribution in [3.05, 3.63) is 12.2 Å². The lowest BCUT2D eigenvalue weighted by Gasteiger charge is -2.15. The summed E-state index contributed by atoms with van der Waals surface area (Å²) in [5, 5.41) is 42.6. The molecule has 2 heterocycles. The molecule has 1 saturated heterocycles. The molecule has 13 nitrogen and oxygen atoms in total. The molecule has 1 aliphatic rings. The molecule has 2 rings (SSSR count). The summed E-state index contributed by atoms with van der Waals surface area (Å²) in [5.41, 5.74) is 0. The maximum absolute atomic E-state index is 11.8. The minimum Gasteiger partial charge on any atom is -0.425 e. The van der Waals surface area contributed by atoms with Gasteiger partial charge < -0.3 is 29.5 Å². The zero-order valence-electron chi connectivity index (χ0n) is 15.5. The third-order valence-corrected chi connectivity index (χ3v) is 3.76. The largest absolute Gasteiger partial charge is 0.425 e. The summed E-state index contributed by atoms with van der Waals surface area (Å²) in [7, 11) is 0. The molecule has 0 spiro atoms. The van der Waals surface area contributed by atoms with Gasteiger partial charge >= 0.3 is 12.1 Å². The van der Waals surface area contributed by atoms with Crippen LogP contribution in [0.25, 0.3) is 0 Å². The van der Waals surface area contributed by atoms with E-state index in [2.05, 4.69) is 15.4 Å². The van der Waals surface area contributed by atoms with Gasteiger partial charge in [0.2, 0.25) is 12.1 Å². The van der Waals surface area contributed by atoms with Gasteiger partial charge in [-0.3, -0.25) is 15.5 Å². The highest BCUT2D eigenvalue weighted by Crippen LogP contribution is 2.28. The molecule has 0 aromatic carbocycles. The van der Waals surface area contributed by atoms with E-state index in [1.165, 1.54) is 6.92 Å². The molecule has 1 fully saturated rings. The maximum Gasteiger partial charge on any atom is 0.415 e. The van der Waals surface area contributed by atoms with Gasteiger partial charge in [0.1, 0.15) is 24.6 Å². The van der Waals surface area contributed by atoms with Crippen LogP contribution in [0.5, 0.6) is 0 Å². The van der Waals surface area contributed by atoms with E-state index in [1.54, 1.807) is 13.8 Å². The predicted molar refractivity (Wildman–Crippen MR) is 89.9 cm³/mol. The molecule has 1 amide bonds. The van der Waals surface area contributed by atoms with Crippen LogP contribution in [0.15, 0.2) is 6.33 Å². The van der Waals surface area contributed by atoms with E-state index >= 15 is 0 Å². The van der Waals surface area contributed by atoms with Crippen molar-refractivity contribution in [3.63, 3.8) is 0 Å². The average molecular weight is 401 g/mol. The van der Waals surface area contributed by atoms with Gasteiger partial charge in [-0.2, -0.15) is 0 Å². The van der Waals surface area contributed by atoms with Crippen LogP contribution in [0.1, 0.15) is 32.8 Å². The predicted octanol–water partition coefficient (Wildman–Crippen LogP) is -1.51. The summed E-state index contributed by atoms with van der Waals surface area (Å²) in [4.78, 5) is 27.0. The first-order valence-corrected chi connectivity index (χ1v) is 8.44. The summed E-state index contributed by atoms with van der Waals surface area (Å²) in [6.07, 6.45) is -5.88. The Kier molecular flexibility index (Phi) is 7.01. The minimum atomic E-state index is -1.37. The summed E-state index contributed by atoms with van der Waals surface area (Å²) in [5.74, 6) is -1.67. The number of hydrogen-bond donors (Lipinski definition) is 5. The zero-order chi connectivity index (χ0) is 21.0. The summed E-state index contributed by atoms with van der Waals surface area (Å²) in [6, 6.07) is 0. The van der Waals surface area contributed by atoms with E-state index in [-0.39, 0.29) is 5.82 Å². The molecule has 1 aliphatic heterocycles. The van der Waals surface area contributed by atoms with Gasteiger partial charge in [-0.15, -0.1) is 5.10 Å². The fourth-order valence-electron chi connectivity index (χ4n) is 2.27. The highest BCUT2D eigenvalue weighted by molar-refractivity contribution is 6.02. The highest BCUT2D eigenvalue weighted by Gasteiger charge is 2.44. The number of nitrogens with one attached hydrogen (secondary N) is 2. The number of hydrogen-bond acceptors (Lipinski definition) is 11. The summed E-state index contributed by atoms with van der Waals surface area (Å²) >= 11 is 0. The number of amides is 1. The number of amidine groups is 1. The second-order valence-corrected chi connectivity index (χ2v) is 6.34. The van der Waals surface area contributed by atoms with Crippen LogP contribution in [-0.2, 0) is 19.0 Å². The Morgan fingerprint density at radius 1 is 1.32 bits per heavy atom. The first-order valence-electron chi connectivity index (χ1n) is 8.44. The van der Waals surface area contributed by atoms with Gasteiger partial charge in [0, 0.05) is 6.92 Å². The fraction of sp³-hybridized carbons (Fsp3) is 0.667. The molecule has 13 heteroatoms. The lowest BCUT2D eigenvalue weighted by Crippen LogP contribution is -2.35. The summed E-state index contributed by atoms with van der Waals surface area (Å²) in [6.45, 7) is 4.09. The number of aliphatic hydroxyl groups is 3. The van der Waals surface area contributed by atoms with Gasteiger partial charge in [0.05, 0.1) is 12.5 Å². The second kappa shape index (κ2) is 9.05. The van der Waals surface area contributed by atoms with E-state index in [0.29, 0.717) is 0 Å². The van der Waals surface area contributed by atoms with Gasteiger partial charge in [0.25, 0.3) is 0 Å². The smallest absolute Gasteiger partial charge is 0.415 e. The zero-order valence-corrected chi connectivity index (χ0v) is 15.5. The fourth-order valence-corrected chi connectivity index (χ4v) is 2.27. The quantitative estimate of drug-likeness (QED) is 0.162. The summed E-state index contributed by atoms with van der Waals surface area (Å²) < 4.78 is 16.0. The molecule has 156 valence electrons. The molecule has 28 heavy (non-hydrogen) atoms. The molecule has 0 bridgehead atoms. The van der Waals surface area contributed by atoms with Crippen LogP contribution in [-0.4, -0.2) is 79.2 Å². The Bertz CT molecular complexity index is 723. The number of carbonyl (C=O) groups is 2. The number of rotatable bonds is 6. The van der Waals surface area contributed by atoms with Crippen molar-refractivity contribution in [2.75, 3.05) is 6.61 Å². The lowest BCUT2D eigenvalue weighted by atomic mass is 10.1. The Balaban J connectivity index is 1.92. The van der Waals surface area contributed by atoms with Crippen LogP contribution >= 0.6 is 0 Å². The Morgan fingerprint density at radius 3 is 2.57 bits per heavy atom. The molecule has 0 aliphatic carbocycles. The SMILES string of the molecule is CC(OC(=O)NC(=N)c1ncn([C@@H]2O[C@H](CO)[C@@H](O)[C@H]2O)n1)OC(=O)C(C)C. The van der Waals surface area contributed by atoms with Crippen molar-refractivity contribution in [1.82, 2.24) is 20.1 Å². The normalized spacial score (nSPS) is 25.4. The molecule has 1 unspecified atom stereocenters. The maximum atomic E-state index is 11.8. The van der Waals surface area contributed by atoms with E-state index in [4.69, 9.17) is 24.7 Å². The van der Waals surface area contributed by atoms with E-state index in [1.807, 2.05) is 0 Å². The standard InChI is InChI=1S/C15H23N5O8/c1-6(2)14(24)26-7(3)27-15(25)18-11(16)12-17-5-20(19-12)13-10(23)9(22)8(4-21)28-13/h5-10,13,21-23H,4H2,1-3H3,(H2,16,18,25)/t7?,8-,9-,10-,13-/m1/s1. The number of alkyl carbamates (subject to hydrolysis) is 1. The topological polar surface area (TPSA) is 189 Å². The monoisotopic (exact) mass is 401 g/mol. The molecule has 1 aromatic heterocycles. The Labute approximate surface area is 159 Å². The molecular formula is C15H23N5O8. The number of nitrogens with zero attached hydrogens (tertiary/aromatic N) is 3.